The molecule has 0 amide bonds. The predicted molar refractivity (Wildman–Crippen MR) is 101 cm³/mol. The Bertz CT molecular complexity index is 656. The van der Waals surface area contributed by atoms with E-state index in [0.717, 1.165) is 44.2 Å². The van der Waals surface area contributed by atoms with Crippen molar-refractivity contribution in [1.82, 2.24) is 14.9 Å². The molecule has 134 valence electrons. The third-order valence-electron chi connectivity index (χ3n) is 4.38. The number of nitrogens with one attached hydrogen (secondary N) is 1. The molecule has 1 aromatic carbocycles. The van der Waals surface area contributed by atoms with Crippen LogP contribution in [0, 0.1) is 6.92 Å². The zero-order valence-electron chi connectivity index (χ0n) is 15.1. The predicted octanol–water partition coefficient (Wildman–Crippen LogP) is 2.17. The van der Waals surface area contributed by atoms with Crippen LogP contribution in [0.1, 0.15) is 11.3 Å². The van der Waals surface area contributed by atoms with Crippen molar-refractivity contribution >= 4 is 11.8 Å². The number of benzene rings is 1. The molecule has 0 unspecified atom stereocenters. The van der Waals surface area contributed by atoms with Gasteiger partial charge >= 0.3 is 0 Å². The lowest BCUT2D eigenvalue weighted by Crippen LogP contribution is -2.46. The molecule has 0 aliphatic carbocycles. The zero-order chi connectivity index (χ0) is 17.5. The van der Waals surface area contributed by atoms with E-state index < -0.39 is 0 Å². The molecule has 3 rings (SSSR count). The van der Waals surface area contributed by atoms with Gasteiger partial charge in [0.2, 0.25) is 5.95 Å². The second-order valence-electron chi connectivity index (χ2n) is 6.36. The minimum absolute atomic E-state index is 0.644. The molecule has 6 nitrogen and oxygen atoms in total. The number of ether oxygens (including phenoxy) is 1. The summed E-state index contributed by atoms with van der Waals surface area (Å²) < 4.78 is 5.07. The van der Waals surface area contributed by atoms with Crippen molar-refractivity contribution in [3.63, 3.8) is 0 Å². The van der Waals surface area contributed by atoms with E-state index in [1.165, 1.54) is 5.56 Å². The number of aryl methyl sites for hydroxylation is 1. The van der Waals surface area contributed by atoms with Gasteiger partial charge in [-0.1, -0.05) is 30.3 Å². The fraction of sp³-hybridized carbons (Fsp3) is 0.474. The molecular formula is C19H27N5O. The van der Waals surface area contributed by atoms with Crippen LogP contribution < -0.4 is 10.2 Å². The van der Waals surface area contributed by atoms with Gasteiger partial charge in [-0.05, 0) is 12.5 Å². The first-order chi connectivity index (χ1) is 12.2. The number of nitrogens with zero attached hydrogens (tertiary/aromatic N) is 4. The molecule has 0 spiro atoms. The van der Waals surface area contributed by atoms with Gasteiger partial charge in [-0.15, -0.1) is 0 Å². The molecule has 25 heavy (non-hydrogen) atoms. The van der Waals surface area contributed by atoms with Crippen LogP contribution in [0.15, 0.2) is 36.4 Å². The number of rotatable bonds is 7. The van der Waals surface area contributed by atoms with E-state index in [4.69, 9.17) is 4.74 Å². The molecule has 1 aliphatic rings. The topological polar surface area (TPSA) is 53.5 Å². The summed E-state index contributed by atoms with van der Waals surface area (Å²) in [6, 6.07) is 12.7. The van der Waals surface area contributed by atoms with E-state index in [1.807, 2.05) is 6.92 Å². The summed E-state index contributed by atoms with van der Waals surface area (Å²) >= 11 is 0. The van der Waals surface area contributed by atoms with Gasteiger partial charge in [0, 0.05) is 58.1 Å². The van der Waals surface area contributed by atoms with Crippen LogP contribution in [-0.4, -0.2) is 61.3 Å². The molecule has 2 aromatic rings. The Hall–Kier alpha value is -2.18. The Morgan fingerprint density at radius 1 is 1.08 bits per heavy atom. The van der Waals surface area contributed by atoms with Crippen LogP contribution >= 0.6 is 0 Å². The highest BCUT2D eigenvalue weighted by Gasteiger charge is 2.19. The summed E-state index contributed by atoms with van der Waals surface area (Å²) in [4.78, 5) is 14.0. The number of hydrogen-bond acceptors (Lipinski definition) is 6. The Labute approximate surface area is 149 Å². The van der Waals surface area contributed by atoms with E-state index >= 15 is 0 Å². The summed E-state index contributed by atoms with van der Waals surface area (Å²) in [7, 11) is 1.69. The Kier molecular flexibility index (Phi) is 6.19. The maximum absolute atomic E-state index is 5.07. The zero-order valence-corrected chi connectivity index (χ0v) is 15.1. The van der Waals surface area contributed by atoms with Crippen LogP contribution in [0.25, 0.3) is 0 Å². The average molecular weight is 341 g/mol. The lowest BCUT2D eigenvalue weighted by molar-refractivity contribution is 0.210. The average Bonchev–Trinajstić information content (AvgIpc) is 2.63. The lowest BCUT2D eigenvalue weighted by atomic mass is 10.2. The smallest absolute Gasteiger partial charge is 0.224 e. The molecule has 0 radical (unpaired) electrons. The van der Waals surface area contributed by atoms with Gasteiger partial charge in [0.1, 0.15) is 5.82 Å². The van der Waals surface area contributed by atoms with Crippen LogP contribution in [0.3, 0.4) is 0 Å². The molecule has 0 atom stereocenters. The molecule has 1 fully saturated rings. The first-order valence-electron chi connectivity index (χ1n) is 8.84. The number of piperazine rings is 1. The quantitative estimate of drug-likeness (QED) is 0.779. The van der Waals surface area contributed by atoms with Crippen LogP contribution in [0.4, 0.5) is 11.8 Å². The van der Waals surface area contributed by atoms with Crippen molar-refractivity contribution in [2.75, 3.05) is 56.7 Å². The molecule has 1 N–H and O–H groups in total. The van der Waals surface area contributed by atoms with Gasteiger partial charge in [-0.25, -0.2) is 4.98 Å². The Morgan fingerprint density at radius 3 is 2.56 bits per heavy atom. The fourth-order valence-corrected chi connectivity index (χ4v) is 3.03. The van der Waals surface area contributed by atoms with E-state index in [1.54, 1.807) is 7.11 Å². The SMILES string of the molecule is COCCNc1nc(C)cc(N2CCN(Cc3ccccc3)CC2)n1. The van der Waals surface area contributed by atoms with Crippen LogP contribution in [0.5, 0.6) is 0 Å². The summed E-state index contributed by atoms with van der Waals surface area (Å²) in [6.45, 7) is 8.45. The minimum Gasteiger partial charge on any atom is -0.383 e. The minimum atomic E-state index is 0.644. The maximum atomic E-state index is 5.07. The van der Waals surface area contributed by atoms with E-state index in [2.05, 4.69) is 61.5 Å². The Morgan fingerprint density at radius 2 is 1.84 bits per heavy atom. The second-order valence-corrected chi connectivity index (χ2v) is 6.36. The number of methoxy groups -OCH3 is 1. The third kappa shape index (κ3) is 5.14. The summed E-state index contributed by atoms with van der Waals surface area (Å²) in [5, 5.41) is 3.22. The fourth-order valence-electron chi connectivity index (χ4n) is 3.03. The monoisotopic (exact) mass is 341 g/mol. The highest BCUT2D eigenvalue weighted by Crippen LogP contribution is 2.17. The van der Waals surface area contributed by atoms with Gasteiger partial charge < -0.3 is 15.0 Å². The van der Waals surface area contributed by atoms with Gasteiger partial charge in [0.05, 0.1) is 6.61 Å². The van der Waals surface area contributed by atoms with E-state index in [9.17, 15) is 0 Å². The number of hydrogen-bond donors (Lipinski definition) is 1. The second kappa shape index (κ2) is 8.78. The standard InChI is InChI=1S/C19H27N5O/c1-16-14-18(22-19(21-16)20-8-13-25-2)24-11-9-23(10-12-24)15-17-6-4-3-5-7-17/h3-7,14H,8-13,15H2,1-2H3,(H,20,21,22). The number of anilines is 2. The normalized spacial score (nSPS) is 15.4. The molecule has 1 aliphatic heterocycles. The van der Waals surface area contributed by atoms with Crippen molar-refractivity contribution in [3.8, 4) is 0 Å². The highest BCUT2D eigenvalue weighted by molar-refractivity contribution is 5.45. The lowest BCUT2D eigenvalue weighted by Gasteiger charge is -2.35. The van der Waals surface area contributed by atoms with Gasteiger partial charge in [-0.2, -0.15) is 4.98 Å². The summed E-state index contributed by atoms with van der Waals surface area (Å²) in [5.74, 6) is 1.69. The largest absolute Gasteiger partial charge is 0.383 e. The van der Waals surface area contributed by atoms with E-state index in [0.29, 0.717) is 19.1 Å². The molecule has 1 aromatic heterocycles. The first kappa shape index (κ1) is 17.6. The van der Waals surface area contributed by atoms with Gasteiger partial charge in [-0.3, -0.25) is 4.90 Å². The molecule has 0 saturated carbocycles. The van der Waals surface area contributed by atoms with Crippen molar-refractivity contribution < 1.29 is 4.74 Å². The summed E-state index contributed by atoms with van der Waals surface area (Å²) in [5.41, 5.74) is 2.36. The maximum Gasteiger partial charge on any atom is 0.224 e. The Balaban J connectivity index is 1.57. The number of aromatic nitrogens is 2. The third-order valence-corrected chi connectivity index (χ3v) is 4.38. The van der Waals surface area contributed by atoms with Crippen LogP contribution in [-0.2, 0) is 11.3 Å². The van der Waals surface area contributed by atoms with Gasteiger partial charge in [0.15, 0.2) is 0 Å². The van der Waals surface area contributed by atoms with Crippen LogP contribution in [0.2, 0.25) is 0 Å². The first-order valence-corrected chi connectivity index (χ1v) is 8.84. The summed E-state index contributed by atoms with van der Waals surface area (Å²) in [6.07, 6.45) is 0. The molecule has 1 saturated heterocycles. The van der Waals surface area contributed by atoms with Crippen molar-refractivity contribution in [3.05, 3.63) is 47.7 Å². The molecule has 0 bridgehead atoms. The van der Waals surface area contributed by atoms with Crippen molar-refractivity contribution in [2.45, 2.75) is 13.5 Å². The molecular weight excluding hydrogens is 314 g/mol. The van der Waals surface area contributed by atoms with Gasteiger partial charge in [0.25, 0.3) is 0 Å². The molecule has 2 heterocycles. The van der Waals surface area contributed by atoms with Crippen molar-refractivity contribution in [2.24, 2.45) is 0 Å². The highest BCUT2D eigenvalue weighted by atomic mass is 16.5. The van der Waals surface area contributed by atoms with E-state index in [-0.39, 0.29) is 0 Å². The van der Waals surface area contributed by atoms with Crippen molar-refractivity contribution in [1.29, 1.82) is 0 Å². The molecule has 6 heteroatoms.